The topological polar surface area (TPSA) is 82.0 Å². The number of nitrogens with zero attached hydrogens (tertiary/aromatic N) is 5. The first-order chi connectivity index (χ1) is 15.1. The maximum absolute atomic E-state index is 13.5. The Bertz CT molecular complexity index is 1050. The van der Waals surface area contributed by atoms with Gasteiger partial charge in [-0.1, -0.05) is 11.3 Å². The molecule has 4 rings (SSSR count). The van der Waals surface area contributed by atoms with Gasteiger partial charge in [0.05, 0.1) is 37.6 Å². The predicted molar refractivity (Wildman–Crippen MR) is 127 cm³/mol. The van der Waals surface area contributed by atoms with Crippen LogP contribution in [0.25, 0.3) is 10.2 Å². The van der Waals surface area contributed by atoms with E-state index in [0.29, 0.717) is 23.1 Å². The molecule has 0 atom stereocenters. The van der Waals surface area contributed by atoms with Crippen molar-refractivity contribution in [2.75, 3.05) is 58.5 Å². The molecule has 0 spiro atoms. The molecule has 1 aromatic carbocycles. The number of rotatable bonds is 8. The highest BCUT2D eigenvalue weighted by Gasteiger charge is 2.26. The number of fused-ring (bicyclic) bond motifs is 1. The zero-order chi connectivity index (χ0) is 21.8. The number of aryl methyl sites for hydroxylation is 1. The monoisotopic (exact) mass is 481 g/mol. The van der Waals surface area contributed by atoms with Crippen molar-refractivity contribution in [1.29, 1.82) is 0 Å². The second kappa shape index (κ2) is 11.0. The van der Waals surface area contributed by atoms with E-state index in [1.165, 1.54) is 18.4 Å². The fourth-order valence-electron chi connectivity index (χ4n) is 3.61. The Morgan fingerprint density at radius 2 is 2.03 bits per heavy atom. The molecule has 9 nitrogen and oxygen atoms in total. The Kier molecular flexibility index (Phi) is 8.30. The van der Waals surface area contributed by atoms with Crippen molar-refractivity contribution in [3.8, 4) is 11.6 Å². The maximum atomic E-state index is 13.5. The summed E-state index contributed by atoms with van der Waals surface area (Å²) in [5, 5.41) is 4.89. The fourth-order valence-corrected chi connectivity index (χ4v) is 4.58. The van der Waals surface area contributed by atoms with E-state index in [1.807, 2.05) is 18.2 Å². The Balaban J connectivity index is 0.00000289. The molecule has 32 heavy (non-hydrogen) atoms. The predicted octanol–water partition coefficient (Wildman–Crippen LogP) is 2.84. The number of carbonyl (C=O) groups excluding carboxylic acids is 1. The molecular weight excluding hydrogens is 454 g/mol. The third-order valence-electron chi connectivity index (χ3n) is 5.24. The van der Waals surface area contributed by atoms with Gasteiger partial charge in [0.25, 0.3) is 5.91 Å². The summed E-state index contributed by atoms with van der Waals surface area (Å²) in [6, 6.07) is 5.76. The molecule has 0 N–H and O–H groups in total. The number of carbonyl (C=O) groups is 1. The van der Waals surface area contributed by atoms with Crippen LogP contribution >= 0.6 is 23.7 Å². The number of halogens is 1. The number of thiazole rings is 1. The number of anilines is 1. The molecule has 1 aliphatic rings. The Morgan fingerprint density at radius 3 is 2.75 bits per heavy atom. The van der Waals surface area contributed by atoms with Crippen molar-refractivity contribution < 1.29 is 19.0 Å². The van der Waals surface area contributed by atoms with Crippen LogP contribution in [0.15, 0.2) is 24.4 Å². The first-order valence-corrected chi connectivity index (χ1v) is 11.0. The molecule has 3 heterocycles. The van der Waals surface area contributed by atoms with E-state index >= 15 is 0 Å². The van der Waals surface area contributed by atoms with Crippen LogP contribution in [0.2, 0.25) is 0 Å². The molecule has 174 valence electrons. The zero-order valence-corrected chi connectivity index (χ0v) is 20.1. The highest BCUT2D eigenvalue weighted by Crippen LogP contribution is 2.32. The summed E-state index contributed by atoms with van der Waals surface area (Å²) >= 11 is 1.49. The summed E-state index contributed by atoms with van der Waals surface area (Å²) in [5.41, 5.74) is 1.23. The van der Waals surface area contributed by atoms with Gasteiger partial charge in [-0.15, -0.1) is 17.5 Å². The van der Waals surface area contributed by atoms with E-state index in [1.54, 1.807) is 29.9 Å². The van der Waals surface area contributed by atoms with E-state index in [-0.39, 0.29) is 18.3 Å². The van der Waals surface area contributed by atoms with Gasteiger partial charge in [-0.3, -0.25) is 19.3 Å². The summed E-state index contributed by atoms with van der Waals surface area (Å²) in [6.45, 7) is 4.81. The molecule has 0 bridgehead atoms. The first-order valence-electron chi connectivity index (χ1n) is 10.2. The van der Waals surface area contributed by atoms with E-state index in [0.717, 1.165) is 55.2 Å². The number of morpholine rings is 1. The third kappa shape index (κ3) is 5.32. The standard InChI is InChI=1S/C21H27N5O4S.ClH/c1-24-14-16(19(23-24)29-3)20(27)26(8-4-7-25-9-11-30-12-10-25)21-22-17-13-15(28-2)5-6-18(17)31-21;/h5-6,13-14H,4,7-12H2,1-3H3;1H. The lowest BCUT2D eigenvalue weighted by Gasteiger charge is -2.27. The second-order valence-electron chi connectivity index (χ2n) is 7.32. The summed E-state index contributed by atoms with van der Waals surface area (Å²) in [7, 11) is 4.92. The van der Waals surface area contributed by atoms with Crippen LogP contribution < -0.4 is 14.4 Å². The molecule has 2 aromatic heterocycles. The van der Waals surface area contributed by atoms with Crippen molar-refractivity contribution in [1.82, 2.24) is 19.7 Å². The molecule has 0 saturated carbocycles. The number of aromatic nitrogens is 3. The van der Waals surface area contributed by atoms with Crippen LogP contribution in [-0.4, -0.2) is 79.2 Å². The van der Waals surface area contributed by atoms with E-state index in [4.69, 9.17) is 19.2 Å². The number of hydrogen-bond donors (Lipinski definition) is 0. The molecule has 0 aliphatic carbocycles. The number of methoxy groups -OCH3 is 2. The van der Waals surface area contributed by atoms with Crippen LogP contribution in [0.5, 0.6) is 11.6 Å². The summed E-state index contributed by atoms with van der Waals surface area (Å²) < 4.78 is 18.7. The maximum Gasteiger partial charge on any atom is 0.267 e. The van der Waals surface area contributed by atoms with Gasteiger partial charge in [-0.2, -0.15) is 0 Å². The lowest BCUT2D eigenvalue weighted by molar-refractivity contribution is 0.0376. The average molecular weight is 482 g/mol. The Labute approximate surface area is 197 Å². The summed E-state index contributed by atoms with van der Waals surface area (Å²) in [6.07, 6.45) is 2.51. The van der Waals surface area contributed by atoms with Gasteiger partial charge < -0.3 is 14.2 Å². The fraction of sp³-hybridized carbons (Fsp3) is 0.476. The highest BCUT2D eigenvalue weighted by molar-refractivity contribution is 7.22. The average Bonchev–Trinajstić information content (AvgIpc) is 3.39. The lowest BCUT2D eigenvalue weighted by Crippen LogP contribution is -2.39. The van der Waals surface area contributed by atoms with Gasteiger partial charge >= 0.3 is 0 Å². The van der Waals surface area contributed by atoms with Gasteiger partial charge in [0.15, 0.2) is 5.13 Å². The van der Waals surface area contributed by atoms with Gasteiger partial charge in [-0.25, -0.2) is 4.98 Å². The number of hydrogen-bond acceptors (Lipinski definition) is 8. The normalized spacial score (nSPS) is 14.2. The molecule has 3 aromatic rings. The van der Waals surface area contributed by atoms with Crippen molar-refractivity contribution in [2.24, 2.45) is 7.05 Å². The Hall–Kier alpha value is -2.40. The summed E-state index contributed by atoms with van der Waals surface area (Å²) in [5.74, 6) is 0.884. The molecular formula is C21H28ClN5O4S. The van der Waals surface area contributed by atoms with E-state index in [9.17, 15) is 4.79 Å². The van der Waals surface area contributed by atoms with Gasteiger partial charge in [-0.05, 0) is 18.6 Å². The quantitative estimate of drug-likeness (QED) is 0.489. The van der Waals surface area contributed by atoms with E-state index < -0.39 is 0 Å². The SMILES string of the molecule is COc1ccc2sc(N(CCCN3CCOCC3)C(=O)c3cn(C)nc3OC)nc2c1.Cl. The van der Waals surface area contributed by atoms with Crippen LogP contribution in [0, 0.1) is 0 Å². The third-order valence-corrected chi connectivity index (χ3v) is 6.30. The number of amides is 1. The summed E-state index contributed by atoms with van der Waals surface area (Å²) in [4.78, 5) is 22.4. The van der Waals surface area contributed by atoms with Crippen molar-refractivity contribution in [2.45, 2.75) is 6.42 Å². The molecule has 1 aliphatic heterocycles. The largest absolute Gasteiger partial charge is 0.497 e. The minimum absolute atomic E-state index is 0. The minimum Gasteiger partial charge on any atom is -0.497 e. The molecule has 1 fully saturated rings. The molecule has 11 heteroatoms. The van der Waals surface area contributed by atoms with Crippen LogP contribution in [0.3, 0.4) is 0 Å². The molecule has 0 radical (unpaired) electrons. The highest BCUT2D eigenvalue weighted by atomic mass is 35.5. The first kappa shape index (κ1) is 24.2. The van der Waals surface area contributed by atoms with Crippen LogP contribution in [0.1, 0.15) is 16.8 Å². The molecule has 1 saturated heterocycles. The minimum atomic E-state index is -0.169. The number of benzene rings is 1. The van der Waals surface area contributed by atoms with Crippen molar-refractivity contribution in [3.63, 3.8) is 0 Å². The smallest absolute Gasteiger partial charge is 0.267 e. The van der Waals surface area contributed by atoms with Gasteiger partial charge in [0, 0.05) is 45.5 Å². The van der Waals surface area contributed by atoms with E-state index in [2.05, 4.69) is 10.00 Å². The molecule has 0 unspecified atom stereocenters. The van der Waals surface area contributed by atoms with Gasteiger partial charge in [0.1, 0.15) is 11.3 Å². The van der Waals surface area contributed by atoms with Crippen molar-refractivity contribution >= 4 is 45.0 Å². The van der Waals surface area contributed by atoms with Crippen LogP contribution in [-0.2, 0) is 11.8 Å². The van der Waals surface area contributed by atoms with Crippen LogP contribution in [0.4, 0.5) is 5.13 Å². The molecule has 1 amide bonds. The second-order valence-corrected chi connectivity index (χ2v) is 8.33. The number of ether oxygens (including phenoxy) is 3. The van der Waals surface area contributed by atoms with Gasteiger partial charge in [0.2, 0.25) is 5.88 Å². The van der Waals surface area contributed by atoms with Crippen molar-refractivity contribution in [3.05, 3.63) is 30.0 Å². The zero-order valence-electron chi connectivity index (χ0n) is 18.4. The lowest BCUT2D eigenvalue weighted by atomic mass is 10.2. The Morgan fingerprint density at radius 1 is 1.25 bits per heavy atom.